The average Bonchev–Trinajstić information content (AvgIpc) is 2.47. The molecular weight excluding hydrogens is 270 g/mol. The predicted molar refractivity (Wildman–Crippen MR) is 84.2 cm³/mol. The fourth-order valence-electron chi connectivity index (χ4n) is 1.80. The van der Waals surface area contributed by atoms with Crippen molar-refractivity contribution in [3.63, 3.8) is 0 Å². The van der Waals surface area contributed by atoms with Gasteiger partial charge in [0.1, 0.15) is 5.82 Å². The van der Waals surface area contributed by atoms with E-state index in [1.807, 2.05) is 37.4 Å². The van der Waals surface area contributed by atoms with Crippen LogP contribution < -0.4 is 11.1 Å². The molecule has 3 N–H and O–H groups in total. The zero-order valence-electron chi connectivity index (χ0n) is 11.5. The fraction of sp³-hybridized carbons (Fsp3) is 0.200. The van der Waals surface area contributed by atoms with Gasteiger partial charge in [-0.05, 0) is 49.1 Å². The third kappa shape index (κ3) is 3.51. The number of thioether (sulfide) groups is 1. The topological polar surface area (TPSA) is 68.0 Å². The zero-order chi connectivity index (χ0) is 14.5. The molecule has 0 atom stereocenters. The molecule has 0 fully saturated rings. The molecule has 0 saturated carbocycles. The molecule has 20 heavy (non-hydrogen) atoms. The highest BCUT2D eigenvalue weighted by molar-refractivity contribution is 7.98. The maximum atomic E-state index is 12.2. The van der Waals surface area contributed by atoms with Crippen LogP contribution in [-0.2, 0) is 6.42 Å². The van der Waals surface area contributed by atoms with E-state index in [-0.39, 0.29) is 5.91 Å². The Morgan fingerprint density at radius 3 is 2.60 bits per heavy atom. The smallest absolute Gasteiger partial charge is 0.255 e. The maximum Gasteiger partial charge on any atom is 0.255 e. The van der Waals surface area contributed by atoms with Gasteiger partial charge in [-0.15, -0.1) is 11.8 Å². The van der Waals surface area contributed by atoms with Crippen molar-refractivity contribution in [2.45, 2.75) is 18.2 Å². The number of amides is 1. The van der Waals surface area contributed by atoms with E-state index in [2.05, 4.69) is 10.3 Å². The summed E-state index contributed by atoms with van der Waals surface area (Å²) in [6.45, 7) is 1.98. The predicted octanol–water partition coefficient (Wildman–Crippen LogP) is 3.20. The van der Waals surface area contributed by atoms with E-state index < -0.39 is 0 Å². The van der Waals surface area contributed by atoms with E-state index in [9.17, 15) is 4.79 Å². The van der Waals surface area contributed by atoms with Gasteiger partial charge in [0.05, 0.1) is 0 Å². The Balaban J connectivity index is 2.16. The Hall–Kier alpha value is -2.01. The van der Waals surface area contributed by atoms with Gasteiger partial charge < -0.3 is 11.1 Å². The monoisotopic (exact) mass is 287 g/mol. The van der Waals surface area contributed by atoms with E-state index in [0.29, 0.717) is 11.4 Å². The summed E-state index contributed by atoms with van der Waals surface area (Å²) in [5, 5.41) is 2.86. The normalized spacial score (nSPS) is 10.3. The molecule has 1 aromatic heterocycles. The van der Waals surface area contributed by atoms with Gasteiger partial charge in [0.15, 0.2) is 0 Å². The number of rotatable bonds is 4. The van der Waals surface area contributed by atoms with Gasteiger partial charge in [-0.1, -0.05) is 6.92 Å². The number of nitrogens with two attached hydrogens (primary N) is 1. The molecule has 0 aliphatic rings. The largest absolute Gasteiger partial charge is 0.384 e. The van der Waals surface area contributed by atoms with Crippen LogP contribution in [0.4, 0.5) is 11.5 Å². The zero-order valence-corrected chi connectivity index (χ0v) is 12.3. The van der Waals surface area contributed by atoms with Crippen molar-refractivity contribution in [1.29, 1.82) is 0 Å². The Morgan fingerprint density at radius 1 is 1.30 bits per heavy atom. The molecule has 4 nitrogen and oxygen atoms in total. The second-order valence-corrected chi connectivity index (χ2v) is 5.19. The number of hydrogen-bond acceptors (Lipinski definition) is 4. The highest BCUT2D eigenvalue weighted by Crippen LogP contribution is 2.18. The Bertz CT molecular complexity index is 611. The van der Waals surface area contributed by atoms with E-state index in [4.69, 9.17) is 5.73 Å². The minimum absolute atomic E-state index is 0.175. The number of nitrogens with zero attached hydrogens (tertiary/aromatic N) is 1. The number of benzene rings is 1. The van der Waals surface area contributed by atoms with Crippen molar-refractivity contribution in [2.75, 3.05) is 17.3 Å². The number of pyridine rings is 1. The van der Waals surface area contributed by atoms with Crippen molar-refractivity contribution < 1.29 is 4.79 Å². The van der Waals surface area contributed by atoms with Crippen molar-refractivity contribution in [3.8, 4) is 0 Å². The number of anilines is 2. The molecule has 104 valence electrons. The SMILES string of the molecule is CCc1cc(C(=O)Nc2ccc(SC)cc2)cc(N)n1. The Labute approximate surface area is 122 Å². The highest BCUT2D eigenvalue weighted by atomic mass is 32.2. The van der Waals surface area contributed by atoms with Gasteiger partial charge >= 0.3 is 0 Å². The van der Waals surface area contributed by atoms with Crippen LogP contribution in [0.25, 0.3) is 0 Å². The summed E-state index contributed by atoms with van der Waals surface area (Å²) < 4.78 is 0. The molecular formula is C15H17N3OS. The summed E-state index contributed by atoms with van der Waals surface area (Å²) in [7, 11) is 0. The van der Waals surface area contributed by atoms with Crippen molar-refractivity contribution in [2.24, 2.45) is 0 Å². The number of aryl methyl sites for hydroxylation is 1. The quantitative estimate of drug-likeness (QED) is 0.847. The molecule has 0 saturated heterocycles. The highest BCUT2D eigenvalue weighted by Gasteiger charge is 2.09. The molecule has 0 spiro atoms. The van der Waals surface area contributed by atoms with Crippen molar-refractivity contribution >= 4 is 29.2 Å². The molecule has 1 amide bonds. The van der Waals surface area contributed by atoms with Crippen LogP contribution in [0.3, 0.4) is 0 Å². The lowest BCUT2D eigenvalue weighted by Crippen LogP contribution is -2.13. The molecule has 0 aliphatic carbocycles. The standard InChI is InChI=1S/C15H17N3OS/c1-3-11-8-10(9-14(16)17-11)15(19)18-12-4-6-13(20-2)7-5-12/h4-9H,3H2,1-2H3,(H2,16,17)(H,18,19). The number of carbonyl (C=O) groups is 1. The summed E-state index contributed by atoms with van der Waals surface area (Å²) >= 11 is 1.66. The molecule has 0 unspecified atom stereocenters. The number of nitrogens with one attached hydrogen (secondary N) is 1. The van der Waals surface area contributed by atoms with Crippen LogP contribution in [0, 0.1) is 0 Å². The molecule has 0 aliphatic heterocycles. The fourth-order valence-corrected chi connectivity index (χ4v) is 2.21. The first-order chi connectivity index (χ1) is 9.62. The third-order valence-electron chi connectivity index (χ3n) is 2.87. The van der Waals surface area contributed by atoms with Gasteiger partial charge in [-0.2, -0.15) is 0 Å². The summed E-state index contributed by atoms with van der Waals surface area (Å²) in [5.41, 5.74) is 7.82. The van der Waals surface area contributed by atoms with Gasteiger partial charge in [-0.25, -0.2) is 4.98 Å². The minimum Gasteiger partial charge on any atom is -0.384 e. The number of nitrogen functional groups attached to an aromatic ring is 1. The number of aromatic nitrogens is 1. The van der Waals surface area contributed by atoms with Gasteiger partial charge in [0, 0.05) is 21.8 Å². The van der Waals surface area contributed by atoms with E-state index in [0.717, 1.165) is 22.7 Å². The van der Waals surface area contributed by atoms with Crippen molar-refractivity contribution in [3.05, 3.63) is 47.7 Å². The lowest BCUT2D eigenvalue weighted by Gasteiger charge is -2.08. The first-order valence-corrected chi connectivity index (χ1v) is 7.56. The van der Waals surface area contributed by atoms with E-state index >= 15 is 0 Å². The average molecular weight is 287 g/mol. The molecule has 2 aromatic rings. The van der Waals surface area contributed by atoms with Crippen molar-refractivity contribution in [1.82, 2.24) is 4.98 Å². The maximum absolute atomic E-state index is 12.2. The first-order valence-electron chi connectivity index (χ1n) is 6.34. The molecule has 0 bridgehead atoms. The Kier molecular flexibility index (Phi) is 4.63. The summed E-state index contributed by atoms with van der Waals surface area (Å²) in [6, 6.07) is 11.1. The van der Waals surface area contributed by atoms with Crippen LogP contribution >= 0.6 is 11.8 Å². The molecule has 5 heteroatoms. The van der Waals surface area contributed by atoms with Crippen LogP contribution in [-0.4, -0.2) is 17.1 Å². The lowest BCUT2D eigenvalue weighted by molar-refractivity contribution is 0.102. The molecule has 1 aromatic carbocycles. The number of hydrogen-bond donors (Lipinski definition) is 2. The van der Waals surface area contributed by atoms with Gasteiger partial charge in [0.25, 0.3) is 5.91 Å². The van der Waals surface area contributed by atoms with Crippen LogP contribution in [0.15, 0.2) is 41.3 Å². The van der Waals surface area contributed by atoms with Crippen LogP contribution in [0.2, 0.25) is 0 Å². The minimum atomic E-state index is -0.175. The van der Waals surface area contributed by atoms with Gasteiger partial charge in [0.2, 0.25) is 0 Å². The number of carbonyl (C=O) groups excluding carboxylic acids is 1. The Morgan fingerprint density at radius 2 is 2.00 bits per heavy atom. The second kappa shape index (κ2) is 6.43. The lowest BCUT2D eigenvalue weighted by atomic mass is 10.1. The van der Waals surface area contributed by atoms with Crippen LogP contribution in [0.1, 0.15) is 23.0 Å². The molecule has 2 rings (SSSR count). The van der Waals surface area contributed by atoms with E-state index in [1.54, 1.807) is 23.9 Å². The molecule has 1 heterocycles. The second-order valence-electron chi connectivity index (χ2n) is 4.31. The summed E-state index contributed by atoms with van der Waals surface area (Å²) in [4.78, 5) is 17.5. The summed E-state index contributed by atoms with van der Waals surface area (Å²) in [6.07, 6.45) is 2.76. The van der Waals surface area contributed by atoms with Gasteiger partial charge in [-0.3, -0.25) is 4.79 Å². The van der Waals surface area contributed by atoms with E-state index in [1.165, 1.54) is 0 Å². The van der Waals surface area contributed by atoms with Crippen LogP contribution in [0.5, 0.6) is 0 Å². The molecule has 0 radical (unpaired) electrons. The first kappa shape index (κ1) is 14.4. The summed E-state index contributed by atoms with van der Waals surface area (Å²) in [5.74, 6) is 0.193. The third-order valence-corrected chi connectivity index (χ3v) is 3.61.